The van der Waals surface area contributed by atoms with Crippen LogP contribution in [-0.2, 0) is 10.4 Å². The summed E-state index contributed by atoms with van der Waals surface area (Å²) in [5.41, 5.74) is 4.16. The van der Waals surface area contributed by atoms with Crippen LogP contribution in [0.1, 0.15) is 6.92 Å². The fraction of sp³-hybridized carbons (Fsp3) is 0.125. The van der Waals surface area contributed by atoms with Crippen LogP contribution in [0.2, 0.25) is 0 Å². The van der Waals surface area contributed by atoms with Crippen molar-refractivity contribution in [1.29, 1.82) is 0 Å². The van der Waals surface area contributed by atoms with Crippen LogP contribution < -0.4 is 10.2 Å². The molecule has 3 aromatic rings. The van der Waals surface area contributed by atoms with E-state index < -0.39 is 10.4 Å². The van der Waals surface area contributed by atoms with E-state index in [-0.39, 0.29) is 0 Å². The minimum Gasteiger partial charge on any atom is -0.387 e. The van der Waals surface area contributed by atoms with Crippen molar-refractivity contribution in [1.82, 2.24) is 29.9 Å². The van der Waals surface area contributed by atoms with Gasteiger partial charge in [-0.2, -0.15) is 8.42 Å². The highest BCUT2D eigenvalue weighted by molar-refractivity contribution is 9.10. The fourth-order valence-electron chi connectivity index (χ4n) is 2.70. The number of anilines is 1. The number of nitrogens with zero attached hydrogens (tertiary/aromatic N) is 6. The molecular weight excluding hydrogens is 466 g/mol. The van der Waals surface area contributed by atoms with Gasteiger partial charge >= 0.3 is 10.4 Å². The van der Waals surface area contributed by atoms with Crippen molar-refractivity contribution in [3.63, 3.8) is 0 Å². The summed E-state index contributed by atoms with van der Waals surface area (Å²) in [7, 11) is -2.77. The molecule has 3 aromatic heterocycles. The van der Waals surface area contributed by atoms with Crippen LogP contribution in [0.25, 0.3) is 16.8 Å². The third-order valence-electron chi connectivity index (χ3n) is 3.89. The minimum atomic E-state index is -4.67. The van der Waals surface area contributed by atoms with Crippen LogP contribution >= 0.6 is 15.9 Å². The molecule has 0 radical (unpaired) electrons. The number of nitrogens with one attached hydrogen (secondary N) is 1. The summed E-state index contributed by atoms with van der Waals surface area (Å²) in [4.78, 5) is 11.1. The topological polar surface area (TPSA) is 146 Å². The Kier molecular flexibility index (Phi) is 5.93. The quantitative estimate of drug-likeness (QED) is 0.464. The summed E-state index contributed by atoms with van der Waals surface area (Å²) in [6.45, 7) is 2.03. The Labute approximate surface area is 174 Å². The smallest absolute Gasteiger partial charge is 0.387 e. The molecule has 4 rings (SSSR count). The van der Waals surface area contributed by atoms with E-state index in [0.29, 0.717) is 17.1 Å². The van der Waals surface area contributed by atoms with E-state index in [1.807, 2.05) is 53.8 Å². The summed E-state index contributed by atoms with van der Waals surface area (Å²) in [6.07, 6.45) is 11.3. The molecule has 0 amide bonds. The highest BCUT2D eigenvalue weighted by Gasteiger charge is 2.19. The number of rotatable bonds is 2. The lowest BCUT2D eigenvalue weighted by Gasteiger charge is -2.22. The molecule has 0 bridgehead atoms. The molecule has 0 aliphatic carbocycles. The zero-order valence-corrected chi connectivity index (χ0v) is 17.6. The van der Waals surface area contributed by atoms with Crippen LogP contribution in [0, 0.1) is 0 Å². The highest BCUT2D eigenvalue weighted by Crippen LogP contribution is 2.28. The zero-order valence-electron chi connectivity index (χ0n) is 15.2. The first-order valence-corrected chi connectivity index (χ1v) is 10.3. The fourth-order valence-corrected chi connectivity index (χ4v) is 3.02. The molecule has 13 heteroatoms. The second-order valence-electron chi connectivity index (χ2n) is 5.72. The number of fused-ring (bicyclic) bond motifs is 3. The second-order valence-corrected chi connectivity index (χ2v) is 7.54. The molecule has 4 heterocycles. The molecule has 1 aliphatic rings. The number of likely N-dealkylation sites (N-methyl/N-ethyl adjacent to an activating group) is 1. The maximum atomic E-state index is 8.74. The van der Waals surface area contributed by atoms with Gasteiger partial charge in [-0.05, 0) is 41.1 Å². The van der Waals surface area contributed by atoms with Crippen molar-refractivity contribution in [3.8, 4) is 0 Å². The number of allylic oxidation sites excluding steroid dienone is 4. The van der Waals surface area contributed by atoms with Crippen molar-refractivity contribution in [2.45, 2.75) is 6.92 Å². The molecule has 0 aromatic carbocycles. The van der Waals surface area contributed by atoms with E-state index in [2.05, 4.69) is 36.4 Å². The van der Waals surface area contributed by atoms with Gasteiger partial charge < -0.3 is 10.2 Å². The third-order valence-corrected chi connectivity index (χ3v) is 4.32. The van der Waals surface area contributed by atoms with Gasteiger partial charge in [0.1, 0.15) is 6.33 Å². The van der Waals surface area contributed by atoms with Gasteiger partial charge in [0.2, 0.25) is 5.65 Å². The Bertz CT molecular complexity index is 1260. The van der Waals surface area contributed by atoms with E-state index in [1.54, 1.807) is 12.5 Å². The number of aromatic nitrogens is 5. The van der Waals surface area contributed by atoms with Crippen LogP contribution in [0.15, 0.2) is 58.9 Å². The molecule has 0 saturated heterocycles. The van der Waals surface area contributed by atoms with Crippen molar-refractivity contribution in [2.24, 2.45) is 0 Å². The van der Waals surface area contributed by atoms with Crippen molar-refractivity contribution in [2.75, 3.05) is 11.9 Å². The van der Waals surface area contributed by atoms with Gasteiger partial charge in [0, 0.05) is 29.6 Å². The van der Waals surface area contributed by atoms with Crippen LogP contribution in [0.3, 0.4) is 0 Å². The Balaban J connectivity index is 0.000000431. The largest absolute Gasteiger partial charge is 0.394 e. The Morgan fingerprint density at radius 1 is 1.24 bits per heavy atom. The van der Waals surface area contributed by atoms with Gasteiger partial charge in [0.25, 0.3) is 0 Å². The summed E-state index contributed by atoms with van der Waals surface area (Å²) < 4.78 is 34.4. The Morgan fingerprint density at radius 2 is 1.97 bits per heavy atom. The van der Waals surface area contributed by atoms with Crippen molar-refractivity contribution < 1.29 is 17.5 Å². The predicted octanol–water partition coefficient (Wildman–Crippen LogP) is 2.12. The third kappa shape index (κ3) is 4.76. The normalized spacial score (nSPS) is 14.2. The van der Waals surface area contributed by atoms with E-state index in [0.717, 1.165) is 21.4 Å². The molecule has 11 nitrogen and oxygen atoms in total. The molecule has 0 fully saturated rings. The summed E-state index contributed by atoms with van der Waals surface area (Å²) in [6, 6.07) is 1.96. The Hall–Kier alpha value is -2.87. The van der Waals surface area contributed by atoms with Crippen molar-refractivity contribution >= 4 is 49.0 Å². The average Bonchev–Trinajstić information content (AvgIpc) is 3.05. The molecule has 29 heavy (non-hydrogen) atoms. The van der Waals surface area contributed by atoms with Gasteiger partial charge in [0.15, 0.2) is 11.5 Å². The monoisotopic (exact) mass is 481 g/mol. The number of hydrogen-bond donors (Lipinski definition) is 3. The maximum absolute atomic E-state index is 8.74. The van der Waals surface area contributed by atoms with Gasteiger partial charge in [-0.1, -0.05) is 6.08 Å². The van der Waals surface area contributed by atoms with Crippen molar-refractivity contribution in [3.05, 3.63) is 58.9 Å². The van der Waals surface area contributed by atoms with Crippen LogP contribution in [-0.4, -0.2) is 49.1 Å². The number of halogens is 1. The summed E-state index contributed by atoms with van der Waals surface area (Å²) in [5, 5.41) is 11.5. The lowest BCUT2D eigenvalue weighted by molar-refractivity contribution is 0.381. The maximum Gasteiger partial charge on any atom is 0.394 e. The first kappa shape index (κ1) is 20.9. The summed E-state index contributed by atoms with van der Waals surface area (Å²) >= 11 is 3.45. The average molecular weight is 482 g/mol. The Morgan fingerprint density at radius 3 is 2.66 bits per heavy atom. The lowest BCUT2D eigenvalue weighted by Crippen LogP contribution is -2.20. The minimum absolute atomic E-state index is 0.630. The van der Waals surface area contributed by atoms with Gasteiger partial charge in [-0.3, -0.25) is 13.5 Å². The zero-order chi connectivity index (χ0) is 21.2. The van der Waals surface area contributed by atoms with Gasteiger partial charge in [-0.15, -0.1) is 10.2 Å². The summed E-state index contributed by atoms with van der Waals surface area (Å²) in [5.74, 6) is 0.681. The molecule has 0 saturated carbocycles. The standard InChI is InChI=1S/C16H14BrN7.H2O4S/c1-10-12(18-2)5-3-4-6-23(10)15-16-22-20-9-24(16)13-7-11(17)8-19-14(13)21-15;1-5(2,3)4/h3-9,18H,1-2H3;(H2,1,2,3,4). The molecule has 152 valence electrons. The first-order chi connectivity index (χ1) is 13.7. The van der Waals surface area contributed by atoms with Crippen LogP contribution in [0.4, 0.5) is 5.82 Å². The number of pyridine rings is 1. The highest BCUT2D eigenvalue weighted by atomic mass is 79.9. The predicted molar refractivity (Wildman–Crippen MR) is 110 cm³/mol. The molecule has 0 unspecified atom stereocenters. The second kappa shape index (κ2) is 8.24. The first-order valence-electron chi connectivity index (χ1n) is 8.06. The molecule has 3 N–H and O–H groups in total. The van der Waals surface area contributed by atoms with Gasteiger partial charge in [-0.25, -0.2) is 9.97 Å². The molecule has 0 atom stereocenters. The molecule has 0 spiro atoms. The van der Waals surface area contributed by atoms with E-state index in [4.69, 9.17) is 22.5 Å². The van der Waals surface area contributed by atoms with E-state index >= 15 is 0 Å². The van der Waals surface area contributed by atoms with E-state index in [1.165, 1.54) is 0 Å². The van der Waals surface area contributed by atoms with Gasteiger partial charge in [0.05, 0.1) is 11.2 Å². The SMILES string of the molecule is CNC1=C(C)N(c2nc3ncc(Br)cc3n3cnnc23)C=CC=C1.O=S(=O)(O)O. The number of hydrogen-bond acceptors (Lipinski definition) is 8. The van der Waals surface area contributed by atoms with Crippen LogP contribution in [0.5, 0.6) is 0 Å². The molecular formula is C16H16BrN7O4S. The lowest BCUT2D eigenvalue weighted by atomic mass is 10.3. The van der Waals surface area contributed by atoms with E-state index in [9.17, 15) is 0 Å². The molecule has 1 aliphatic heterocycles.